The summed E-state index contributed by atoms with van der Waals surface area (Å²) in [5.41, 5.74) is 4.00. The van der Waals surface area contributed by atoms with Crippen molar-refractivity contribution in [2.24, 2.45) is 5.10 Å². The Kier molecular flexibility index (Phi) is 6.83. The Morgan fingerprint density at radius 3 is 2.22 bits per heavy atom. The van der Waals surface area contributed by atoms with Crippen LogP contribution < -0.4 is 19.2 Å². The van der Waals surface area contributed by atoms with E-state index in [9.17, 15) is 8.42 Å². The summed E-state index contributed by atoms with van der Waals surface area (Å²) in [6.07, 6.45) is 0.583. The lowest BCUT2D eigenvalue weighted by molar-refractivity contribution is 0.354. The van der Waals surface area contributed by atoms with Crippen LogP contribution in [-0.4, -0.2) is 28.3 Å². The number of anilines is 2. The molecule has 188 valence electrons. The number of hydrazone groups is 1. The first kappa shape index (κ1) is 24.4. The molecule has 4 aromatic rings. The van der Waals surface area contributed by atoms with Crippen LogP contribution in [0.1, 0.15) is 23.6 Å². The largest absolute Gasteiger partial charge is 0.493 e. The number of nitrogens with one attached hydrogen (secondary N) is 1. The number of para-hydroxylation sites is 2. The van der Waals surface area contributed by atoms with Crippen molar-refractivity contribution in [2.75, 3.05) is 24.0 Å². The first-order valence-corrected chi connectivity index (χ1v) is 13.3. The Bertz CT molecular complexity index is 1520. The highest BCUT2D eigenvalue weighted by Crippen LogP contribution is 2.39. The number of ether oxygens (including phenoxy) is 2. The van der Waals surface area contributed by atoms with Crippen molar-refractivity contribution >= 4 is 27.1 Å². The first-order chi connectivity index (χ1) is 18.0. The first-order valence-electron chi connectivity index (χ1n) is 11.8. The molecule has 1 aliphatic rings. The van der Waals surface area contributed by atoms with Gasteiger partial charge in [-0.1, -0.05) is 54.6 Å². The molecular formula is C29H27N3O4S. The molecular weight excluding hydrogens is 486 g/mol. The molecule has 0 aromatic heterocycles. The Labute approximate surface area is 217 Å². The maximum atomic E-state index is 13.1. The quantitative estimate of drug-likeness (QED) is 0.319. The molecule has 8 heteroatoms. The zero-order valence-electron chi connectivity index (χ0n) is 20.5. The van der Waals surface area contributed by atoms with Crippen LogP contribution in [0, 0.1) is 0 Å². The second-order valence-electron chi connectivity index (χ2n) is 8.56. The average molecular weight is 514 g/mol. The van der Waals surface area contributed by atoms with Crippen LogP contribution in [-0.2, 0) is 10.0 Å². The van der Waals surface area contributed by atoms with Crippen molar-refractivity contribution in [3.63, 3.8) is 0 Å². The van der Waals surface area contributed by atoms with Crippen LogP contribution in [0.4, 0.5) is 11.4 Å². The van der Waals surface area contributed by atoms with Gasteiger partial charge in [0.15, 0.2) is 11.5 Å². The third kappa shape index (κ3) is 5.15. The van der Waals surface area contributed by atoms with Crippen molar-refractivity contribution in [3.05, 3.63) is 114 Å². The predicted octanol–water partition coefficient (Wildman–Crippen LogP) is 5.86. The average Bonchev–Trinajstić information content (AvgIpc) is 3.39. The Balaban J connectivity index is 1.50. The SMILES string of the molecule is COc1ccc(C2CC(c3cccc(S(=O)(=O)Nc4ccccc4)c3)=NN2c2ccccc2)cc1OC. The van der Waals surface area contributed by atoms with E-state index < -0.39 is 10.0 Å². The molecule has 1 N–H and O–H groups in total. The molecule has 4 aromatic carbocycles. The molecule has 0 saturated carbocycles. The third-order valence-corrected chi connectivity index (χ3v) is 7.61. The maximum absolute atomic E-state index is 13.1. The van der Waals surface area contributed by atoms with Gasteiger partial charge < -0.3 is 9.47 Å². The molecule has 0 aliphatic carbocycles. The molecule has 0 bridgehead atoms. The summed E-state index contributed by atoms with van der Waals surface area (Å²) in [7, 11) is -0.539. The van der Waals surface area contributed by atoms with E-state index in [1.807, 2.05) is 65.7 Å². The van der Waals surface area contributed by atoms with Crippen molar-refractivity contribution in [1.29, 1.82) is 0 Å². The van der Waals surface area contributed by atoms with E-state index in [0.717, 1.165) is 22.5 Å². The summed E-state index contributed by atoms with van der Waals surface area (Å²) >= 11 is 0. The van der Waals surface area contributed by atoms with Crippen LogP contribution in [0.3, 0.4) is 0 Å². The highest BCUT2D eigenvalue weighted by atomic mass is 32.2. The van der Waals surface area contributed by atoms with E-state index in [0.29, 0.717) is 23.6 Å². The summed E-state index contributed by atoms with van der Waals surface area (Å²) < 4.78 is 39.8. The second-order valence-corrected chi connectivity index (χ2v) is 10.2. The van der Waals surface area contributed by atoms with Crippen LogP contribution in [0.25, 0.3) is 0 Å². The van der Waals surface area contributed by atoms with Gasteiger partial charge in [0.05, 0.1) is 36.6 Å². The molecule has 1 atom stereocenters. The summed E-state index contributed by atoms with van der Waals surface area (Å²) in [6, 6.07) is 31.4. The summed E-state index contributed by atoms with van der Waals surface area (Å²) in [6.45, 7) is 0. The van der Waals surface area contributed by atoms with Gasteiger partial charge in [0.2, 0.25) is 0 Å². The normalized spacial score (nSPS) is 15.2. The number of benzene rings is 4. The Hall–Kier alpha value is -4.30. The number of methoxy groups -OCH3 is 2. The molecule has 0 fully saturated rings. The Morgan fingerprint density at radius 2 is 1.51 bits per heavy atom. The number of nitrogens with zero attached hydrogens (tertiary/aromatic N) is 2. The number of rotatable bonds is 8. The van der Waals surface area contributed by atoms with Gasteiger partial charge in [-0.15, -0.1) is 0 Å². The van der Waals surface area contributed by atoms with Gasteiger partial charge in [0.25, 0.3) is 10.0 Å². The molecule has 5 rings (SSSR count). The van der Waals surface area contributed by atoms with E-state index in [2.05, 4.69) is 4.72 Å². The smallest absolute Gasteiger partial charge is 0.261 e. The van der Waals surface area contributed by atoms with Crippen LogP contribution in [0.5, 0.6) is 11.5 Å². The molecule has 1 unspecified atom stereocenters. The van der Waals surface area contributed by atoms with E-state index in [-0.39, 0.29) is 10.9 Å². The lowest BCUT2D eigenvalue weighted by atomic mass is 9.98. The fourth-order valence-corrected chi connectivity index (χ4v) is 5.49. The molecule has 0 radical (unpaired) electrons. The van der Waals surface area contributed by atoms with Gasteiger partial charge in [0, 0.05) is 12.1 Å². The van der Waals surface area contributed by atoms with Crippen molar-refractivity contribution in [2.45, 2.75) is 17.4 Å². The molecule has 1 aliphatic heterocycles. The molecule has 7 nitrogen and oxygen atoms in total. The zero-order chi connectivity index (χ0) is 25.8. The van der Waals surface area contributed by atoms with E-state index in [1.54, 1.807) is 56.7 Å². The third-order valence-electron chi connectivity index (χ3n) is 6.23. The minimum Gasteiger partial charge on any atom is -0.493 e. The lowest BCUT2D eigenvalue weighted by Crippen LogP contribution is -2.18. The molecule has 0 saturated heterocycles. The van der Waals surface area contributed by atoms with Crippen molar-refractivity contribution in [1.82, 2.24) is 0 Å². The minimum atomic E-state index is -3.76. The summed E-state index contributed by atoms with van der Waals surface area (Å²) in [4.78, 5) is 0.178. The van der Waals surface area contributed by atoms with Gasteiger partial charge in [-0.2, -0.15) is 5.10 Å². The molecule has 0 spiro atoms. The van der Waals surface area contributed by atoms with Gasteiger partial charge >= 0.3 is 0 Å². The van der Waals surface area contributed by atoms with E-state index in [4.69, 9.17) is 14.6 Å². The lowest BCUT2D eigenvalue weighted by Gasteiger charge is -2.24. The van der Waals surface area contributed by atoms with Crippen molar-refractivity contribution < 1.29 is 17.9 Å². The number of hydrogen-bond acceptors (Lipinski definition) is 6. The Morgan fingerprint density at radius 1 is 0.811 bits per heavy atom. The van der Waals surface area contributed by atoms with Crippen molar-refractivity contribution in [3.8, 4) is 11.5 Å². The summed E-state index contributed by atoms with van der Waals surface area (Å²) in [5, 5.41) is 6.93. The fraction of sp³-hybridized carbons (Fsp3) is 0.138. The number of sulfonamides is 1. The number of hydrogen-bond donors (Lipinski definition) is 1. The highest BCUT2D eigenvalue weighted by Gasteiger charge is 2.31. The molecule has 0 amide bonds. The highest BCUT2D eigenvalue weighted by molar-refractivity contribution is 7.92. The van der Waals surface area contributed by atoms with Gasteiger partial charge in [-0.25, -0.2) is 8.42 Å². The van der Waals surface area contributed by atoms with Gasteiger partial charge in [-0.05, 0) is 59.7 Å². The molecule has 37 heavy (non-hydrogen) atoms. The van der Waals surface area contributed by atoms with E-state index >= 15 is 0 Å². The van der Waals surface area contributed by atoms with Crippen LogP contribution in [0.2, 0.25) is 0 Å². The van der Waals surface area contributed by atoms with Gasteiger partial charge in [-0.3, -0.25) is 9.73 Å². The summed E-state index contributed by atoms with van der Waals surface area (Å²) in [5.74, 6) is 1.29. The minimum absolute atomic E-state index is 0.111. The predicted molar refractivity (Wildman–Crippen MR) is 146 cm³/mol. The standard InChI is InChI=1S/C29H27N3O4S/c1-35-28-17-16-22(19-29(28)36-2)27-20-26(30-32(27)24-13-7-4-8-14-24)21-10-9-15-25(18-21)37(33,34)31-23-11-5-3-6-12-23/h3-19,27,31H,20H2,1-2H3. The van der Waals surface area contributed by atoms with Crippen LogP contribution in [0.15, 0.2) is 113 Å². The topological polar surface area (TPSA) is 80.2 Å². The van der Waals surface area contributed by atoms with E-state index in [1.165, 1.54) is 0 Å². The second kappa shape index (κ2) is 10.4. The monoisotopic (exact) mass is 513 g/mol. The van der Waals surface area contributed by atoms with Gasteiger partial charge in [0.1, 0.15) is 0 Å². The van der Waals surface area contributed by atoms with Crippen LogP contribution >= 0.6 is 0 Å². The fourth-order valence-electron chi connectivity index (χ4n) is 4.39. The maximum Gasteiger partial charge on any atom is 0.261 e. The zero-order valence-corrected chi connectivity index (χ0v) is 21.4. The molecule has 1 heterocycles.